The van der Waals surface area contributed by atoms with Crippen molar-refractivity contribution < 1.29 is 23.9 Å². The normalized spacial score (nSPS) is 16.9. The molecule has 3 aromatic rings. The second-order valence-corrected chi connectivity index (χ2v) is 10.3. The summed E-state index contributed by atoms with van der Waals surface area (Å²) in [6, 6.07) is 15.8. The Morgan fingerprint density at radius 1 is 1.00 bits per heavy atom. The zero-order chi connectivity index (χ0) is 24.8. The first-order valence-electron chi connectivity index (χ1n) is 11.8. The predicted molar refractivity (Wildman–Crippen MR) is 136 cm³/mol. The number of fused-ring (bicyclic) bond motifs is 1. The van der Waals surface area contributed by atoms with Crippen molar-refractivity contribution in [2.24, 2.45) is 0 Å². The lowest BCUT2D eigenvalue weighted by molar-refractivity contribution is -0.142. The Hall–Kier alpha value is -2.83. The Morgan fingerprint density at radius 3 is 2.29 bits per heavy atom. The number of benzene rings is 3. The van der Waals surface area contributed by atoms with Crippen LogP contribution in [0.3, 0.4) is 0 Å². The molecule has 5 nitrogen and oxygen atoms in total. The third-order valence-electron chi connectivity index (χ3n) is 7.11. The first-order chi connectivity index (χ1) is 15.9. The maximum Gasteiger partial charge on any atom is 0.495 e. The van der Waals surface area contributed by atoms with Crippen LogP contribution < -0.4 is 5.46 Å². The molecule has 4 rings (SSSR count). The maximum atomic E-state index is 11.7. The SMILES string of the molecule is CC(=O)OCc1c(B2OC(C)(C)C(C)(C)O2)cccc1-c1ccc2cc(C(C)C)ccc2c1O. The number of phenols is 1. The summed E-state index contributed by atoms with van der Waals surface area (Å²) in [5, 5.41) is 13.0. The van der Waals surface area contributed by atoms with E-state index in [1.54, 1.807) is 0 Å². The van der Waals surface area contributed by atoms with Gasteiger partial charge in [0.1, 0.15) is 12.4 Å². The monoisotopic (exact) mass is 460 g/mol. The van der Waals surface area contributed by atoms with Gasteiger partial charge in [-0.1, -0.05) is 62.4 Å². The average molecular weight is 460 g/mol. The Bertz CT molecular complexity index is 1230. The van der Waals surface area contributed by atoms with Crippen molar-refractivity contribution in [3.05, 3.63) is 59.7 Å². The van der Waals surface area contributed by atoms with Gasteiger partial charge in [-0.2, -0.15) is 0 Å². The second-order valence-electron chi connectivity index (χ2n) is 10.3. The number of esters is 1. The summed E-state index contributed by atoms with van der Waals surface area (Å²) in [7, 11) is -0.619. The molecule has 0 unspecified atom stereocenters. The zero-order valence-corrected chi connectivity index (χ0v) is 21.1. The van der Waals surface area contributed by atoms with Crippen molar-refractivity contribution in [2.45, 2.75) is 72.2 Å². The summed E-state index contributed by atoms with van der Waals surface area (Å²) in [5.41, 5.74) is 3.19. The van der Waals surface area contributed by atoms with E-state index >= 15 is 0 Å². The fourth-order valence-electron chi connectivity index (χ4n) is 4.29. The van der Waals surface area contributed by atoms with Gasteiger partial charge in [0.05, 0.1) is 11.2 Å². The topological polar surface area (TPSA) is 65.0 Å². The van der Waals surface area contributed by atoms with Gasteiger partial charge in [-0.25, -0.2) is 0 Å². The van der Waals surface area contributed by atoms with Crippen LogP contribution in [0.15, 0.2) is 48.5 Å². The molecule has 0 amide bonds. The minimum Gasteiger partial charge on any atom is -0.507 e. The molecule has 34 heavy (non-hydrogen) atoms. The molecule has 0 saturated carbocycles. The van der Waals surface area contributed by atoms with Crippen LogP contribution in [-0.4, -0.2) is 29.4 Å². The van der Waals surface area contributed by atoms with Crippen LogP contribution in [0.4, 0.5) is 0 Å². The molecule has 0 bridgehead atoms. The summed E-state index contributed by atoms with van der Waals surface area (Å²) in [6.07, 6.45) is 0. The van der Waals surface area contributed by atoms with E-state index in [1.807, 2.05) is 64.1 Å². The van der Waals surface area contributed by atoms with E-state index in [4.69, 9.17) is 14.0 Å². The zero-order valence-electron chi connectivity index (χ0n) is 21.1. The summed E-state index contributed by atoms with van der Waals surface area (Å²) in [5.74, 6) is 0.222. The van der Waals surface area contributed by atoms with E-state index in [2.05, 4.69) is 26.0 Å². The van der Waals surface area contributed by atoms with Crippen molar-refractivity contribution in [3.63, 3.8) is 0 Å². The van der Waals surface area contributed by atoms with Crippen LogP contribution in [0.5, 0.6) is 5.75 Å². The third kappa shape index (κ3) is 4.33. The molecule has 0 aromatic heterocycles. The smallest absolute Gasteiger partial charge is 0.495 e. The number of aromatic hydroxyl groups is 1. The molecule has 3 aromatic carbocycles. The number of phenolic OH excluding ortho intramolecular Hbond substituents is 1. The molecular weight excluding hydrogens is 427 g/mol. The maximum absolute atomic E-state index is 11.7. The van der Waals surface area contributed by atoms with Gasteiger partial charge in [0, 0.05) is 17.9 Å². The van der Waals surface area contributed by atoms with E-state index in [0.717, 1.165) is 27.4 Å². The molecule has 0 atom stereocenters. The highest BCUT2D eigenvalue weighted by molar-refractivity contribution is 6.62. The van der Waals surface area contributed by atoms with Gasteiger partial charge in [-0.05, 0) is 61.2 Å². The number of carbonyl (C=O) groups excluding carboxylic acids is 1. The van der Waals surface area contributed by atoms with Crippen LogP contribution in [0.2, 0.25) is 0 Å². The van der Waals surface area contributed by atoms with E-state index in [-0.39, 0.29) is 18.3 Å². The number of carbonyl (C=O) groups is 1. The lowest BCUT2D eigenvalue weighted by Gasteiger charge is -2.32. The molecular formula is C28H33BO5. The fourth-order valence-corrected chi connectivity index (χ4v) is 4.29. The van der Waals surface area contributed by atoms with Crippen molar-refractivity contribution in [3.8, 4) is 16.9 Å². The molecule has 1 saturated heterocycles. The first-order valence-corrected chi connectivity index (χ1v) is 11.8. The molecule has 0 aliphatic carbocycles. The van der Waals surface area contributed by atoms with Crippen LogP contribution in [0.25, 0.3) is 21.9 Å². The van der Waals surface area contributed by atoms with Gasteiger partial charge in [0.2, 0.25) is 0 Å². The van der Waals surface area contributed by atoms with Crippen LogP contribution in [0, 0.1) is 0 Å². The molecule has 1 fully saturated rings. The number of hydrogen-bond donors (Lipinski definition) is 1. The van der Waals surface area contributed by atoms with Crippen molar-refractivity contribution >= 4 is 29.3 Å². The Kier molecular flexibility index (Phi) is 6.26. The highest BCUT2D eigenvalue weighted by Gasteiger charge is 2.52. The van der Waals surface area contributed by atoms with Crippen molar-refractivity contribution in [1.29, 1.82) is 0 Å². The Labute approximate surface area is 202 Å². The van der Waals surface area contributed by atoms with Crippen LogP contribution in [-0.2, 0) is 25.4 Å². The lowest BCUT2D eigenvalue weighted by Crippen LogP contribution is -2.41. The van der Waals surface area contributed by atoms with Gasteiger partial charge in [0.15, 0.2) is 0 Å². The van der Waals surface area contributed by atoms with Crippen molar-refractivity contribution in [1.82, 2.24) is 0 Å². The van der Waals surface area contributed by atoms with E-state index in [1.165, 1.54) is 12.5 Å². The molecule has 178 valence electrons. The number of rotatable bonds is 5. The minimum absolute atomic E-state index is 0.0503. The summed E-state index contributed by atoms with van der Waals surface area (Å²) < 4.78 is 18.0. The van der Waals surface area contributed by atoms with Gasteiger partial charge < -0.3 is 19.2 Å². The molecule has 1 heterocycles. The summed E-state index contributed by atoms with van der Waals surface area (Å²) >= 11 is 0. The van der Waals surface area contributed by atoms with E-state index in [9.17, 15) is 9.90 Å². The predicted octanol–water partition coefficient (Wildman–Crippen LogP) is 5.70. The lowest BCUT2D eigenvalue weighted by atomic mass is 9.74. The van der Waals surface area contributed by atoms with Gasteiger partial charge >= 0.3 is 13.1 Å². The molecule has 0 radical (unpaired) electrons. The average Bonchev–Trinajstić information content (AvgIpc) is 2.98. The molecule has 6 heteroatoms. The number of ether oxygens (including phenoxy) is 1. The minimum atomic E-state index is -0.619. The third-order valence-corrected chi connectivity index (χ3v) is 7.11. The van der Waals surface area contributed by atoms with Crippen LogP contribution >= 0.6 is 0 Å². The second kappa shape index (κ2) is 8.75. The highest BCUT2D eigenvalue weighted by Crippen LogP contribution is 2.40. The highest BCUT2D eigenvalue weighted by atomic mass is 16.7. The first kappa shape index (κ1) is 24.3. The summed E-state index contributed by atoms with van der Waals surface area (Å²) in [4.78, 5) is 11.7. The molecule has 1 aliphatic rings. The van der Waals surface area contributed by atoms with Crippen LogP contribution in [0.1, 0.15) is 65.5 Å². The Morgan fingerprint density at radius 2 is 1.68 bits per heavy atom. The Balaban J connectivity index is 1.86. The van der Waals surface area contributed by atoms with Gasteiger partial charge in [-0.15, -0.1) is 0 Å². The van der Waals surface area contributed by atoms with Crippen molar-refractivity contribution in [2.75, 3.05) is 0 Å². The molecule has 1 aliphatic heterocycles. The standard InChI is InChI=1S/C28H33BO5/c1-17(2)19-11-13-21-20(15-19)12-14-23(26(21)31)22-9-8-10-25(24(22)16-32-18(3)30)29-33-27(4,5)28(6,7)34-29/h8-15,17,31H,16H2,1-7H3. The van der Waals surface area contributed by atoms with E-state index < -0.39 is 18.3 Å². The van der Waals surface area contributed by atoms with E-state index in [0.29, 0.717) is 11.5 Å². The molecule has 0 spiro atoms. The van der Waals surface area contributed by atoms with Gasteiger partial charge in [-0.3, -0.25) is 4.79 Å². The number of hydrogen-bond acceptors (Lipinski definition) is 5. The fraction of sp³-hybridized carbons (Fsp3) is 0.393. The largest absolute Gasteiger partial charge is 0.507 e. The van der Waals surface area contributed by atoms with Gasteiger partial charge in [0.25, 0.3) is 0 Å². The molecule has 1 N–H and O–H groups in total. The quantitative estimate of drug-likeness (QED) is 0.391. The summed E-state index contributed by atoms with van der Waals surface area (Å²) in [6.45, 7) is 13.8.